The van der Waals surface area contributed by atoms with E-state index in [1.54, 1.807) is 12.1 Å². The summed E-state index contributed by atoms with van der Waals surface area (Å²) in [4.78, 5) is 12.4. The van der Waals surface area contributed by atoms with Gasteiger partial charge in [0.05, 0.1) is 16.5 Å². The van der Waals surface area contributed by atoms with Crippen LogP contribution in [0.1, 0.15) is 16.8 Å². The molecule has 1 N–H and O–H groups in total. The van der Waals surface area contributed by atoms with E-state index in [1.807, 2.05) is 0 Å². The van der Waals surface area contributed by atoms with Gasteiger partial charge in [-0.3, -0.25) is 9.10 Å². The standard InChI is InChI=1S/C17H15ClF2N2O4S/c18-14-10-12(5-6-15(14)26-17(19)20)21-16(23)11-3-1-4-13(9-11)22-7-2-8-27(22,24)25/h1,3-6,9-10,17H,2,7-8H2,(H,21,23). The van der Waals surface area contributed by atoms with Gasteiger partial charge in [-0.15, -0.1) is 0 Å². The molecule has 1 saturated heterocycles. The van der Waals surface area contributed by atoms with Crippen LogP contribution in [-0.2, 0) is 10.0 Å². The second-order valence-corrected chi connectivity index (χ2v) is 8.19. The van der Waals surface area contributed by atoms with Crippen LogP contribution in [0.15, 0.2) is 42.5 Å². The molecule has 2 aromatic carbocycles. The third kappa shape index (κ3) is 4.48. The Balaban J connectivity index is 1.77. The van der Waals surface area contributed by atoms with Gasteiger partial charge in [0.1, 0.15) is 5.75 Å². The fourth-order valence-corrected chi connectivity index (χ4v) is 4.49. The van der Waals surface area contributed by atoms with E-state index in [0.717, 1.165) is 0 Å². The molecule has 27 heavy (non-hydrogen) atoms. The number of ether oxygens (including phenoxy) is 1. The molecule has 1 fully saturated rings. The number of sulfonamides is 1. The summed E-state index contributed by atoms with van der Waals surface area (Å²) < 4.78 is 54.1. The van der Waals surface area contributed by atoms with Crippen molar-refractivity contribution in [3.63, 3.8) is 0 Å². The predicted octanol–water partition coefficient (Wildman–Crippen LogP) is 3.73. The van der Waals surface area contributed by atoms with Crippen molar-refractivity contribution in [3.05, 3.63) is 53.1 Å². The molecule has 0 unspecified atom stereocenters. The number of halogens is 3. The molecule has 0 aliphatic carbocycles. The van der Waals surface area contributed by atoms with Crippen LogP contribution in [0.25, 0.3) is 0 Å². The molecule has 0 bridgehead atoms. The van der Waals surface area contributed by atoms with Crippen molar-refractivity contribution in [3.8, 4) is 5.75 Å². The molecular weight excluding hydrogens is 402 g/mol. The maximum atomic E-state index is 12.4. The molecule has 10 heteroatoms. The van der Waals surface area contributed by atoms with E-state index in [0.29, 0.717) is 18.7 Å². The van der Waals surface area contributed by atoms with E-state index in [4.69, 9.17) is 11.6 Å². The van der Waals surface area contributed by atoms with Crippen molar-refractivity contribution in [2.24, 2.45) is 0 Å². The van der Waals surface area contributed by atoms with Crippen LogP contribution in [0, 0.1) is 0 Å². The van der Waals surface area contributed by atoms with Crippen LogP contribution in [0.2, 0.25) is 5.02 Å². The number of carbonyl (C=O) groups is 1. The summed E-state index contributed by atoms with van der Waals surface area (Å²) in [5.74, 6) is -0.618. The molecule has 1 aliphatic heterocycles. The second kappa shape index (κ2) is 7.69. The van der Waals surface area contributed by atoms with Crippen LogP contribution in [0.4, 0.5) is 20.2 Å². The monoisotopic (exact) mass is 416 g/mol. The topological polar surface area (TPSA) is 75.7 Å². The Bertz CT molecular complexity index is 969. The van der Waals surface area contributed by atoms with Gasteiger partial charge in [0.2, 0.25) is 10.0 Å². The summed E-state index contributed by atoms with van der Waals surface area (Å²) in [6, 6.07) is 10.1. The number of nitrogens with one attached hydrogen (secondary N) is 1. The lowest BCUT2D eigenvalue weighted by Crippen LogP contribution is -2.25. The Morgan fingerprint density at radius 3 is 2.63 bits per heavy atom. The molecule has 6 nitrogen and oxygen atoms in total. The quantitative estimate of drug-likeness (QED) is 0.805. The number of anilines is 2. The predicted molar refractivity (Wildman–Crippen MR) is 98.2 cm³/mol. The summed E-state index contributed by atoms with van der Waals surface area (Å²) in [7, 11) is -3.35. The van der Waals surface area contributed by atoms with Gasteiger partial charge >= 0.3 is 6.61 Å². The molecule has 144 valence electrons. The molecule has 0 spiro atoms. The number of nitrogens with zero attached hydrogens (tertiary/aromatic N) is 1. The van der Waals surface area contributed by atoms with Crippen molar-refractivity contribution < 1.29 is 26.7 Å². The maximum absolute atomic E-state index is 12.4. The third-order valence-corrected chi connectivity index (χ3v) is 6.07. The molecular formula is C17H15ClF2N2O4S. The first kappa shape index (κ1) is 19.4. The average Bonchev–Trinajstić information content (AvgIpc) is 2.96. The smallest absolute Gasteiger partial charge is 0.387 e. The highest BCUT2D eigenvalue weighted by Crippen LogP contribution is 2.29. The lowest BCUT2D eigenvalue weighted by molar-refractivity contribution is -0.0497. The van der Waals surface area contributed by atoms with Gasteiger partial charge in [0, 0.05) is 17.8 Å². The third-order valence-electron chi connectivity index (χ3n) is 3.90. The van der Waals surface area contributed by atoms with E-state index < -0.39 is 22.5 Å². The number of hydrogen-bond acceptors (Lipinski definition) is 4. The molecule has 1 heterocycles. The fourth-order valence-electron chi connectivity index (χ4n) is 2.71. The van der Waals surface area contributed by atoms with Crippen molar-refractivity contribution in [1.82, 2.24) is 0 Å². The zero-order chi connectivity index (χ0) is 19.6. The van der Waals surface area contributed by atoms with Crippen LogP contribution in [0.3, 0.4) is 0 Å². The summed E-state index contributed by atoms with van der Waals surface area (Å²) in [6.45, 7) is -2.64. The van der Waals surface area contributed by atoms with Gasteiger partial charge in [-0.2, -0.15) is 8.78 Å². The summed E-state index contributed by atoms with van der Waals surface area (Å²) in [5, 5.41) is 2.51. The zero-order valence-corrected chi connectivity index (χ0v) is 15.4. The van der Waals surface area contributed by atoms with Gasteiger partial charge < -0.3 is 10.1 Å². The highest BCUT2D eigenvalue weighted by atomic mass is 35.5. The number of rotatable bonds is 5. The second-order valence-electron chi connectivity index (χ2n) is 5.77. The van der Waals surface area contributed by atoms with Crippen molar-refractivity contribution in [1.29, 1.82) is 0 Å². The lowest BCUT2D eigenvalue weighted by atomic mass is 10.1. The maximum Gasteiger partial charge on any atom is 0.387 e. The molecule has 0 aromatic heterocycles. The minimum Gasteiger partial charge on any atom is -0.433 e. The van der Waals surface area contributed by atoms with E-state index in [-0.39, 0.29) is 27.8 Å². The normalized spacial score (nSPS) is 15.8. The van der Waals surface area contributed by atoms with Crippen LogP contribution in [-0.4, -0.2) is 33.2 Å². The summed E-state index contributed by atoms with van der Waals surface area (Å²) >= 11 is 5.86. The first-order chi connectivity index (χ1) is 12.8. The molecule has 1 aliphatic rings. The minimum atomic E-state index is -3.35. The first-order valence-electron chi connectivity index (χ1n) is 7.92. The zero-order valence-electron chi connectivity index (χ0n) is 13.9. The number of benzene rings is 2. The molecule has 2 aromatic rings. The first-order valence-corrected chi connectivity index (χ1v) is 9.91. The SMILES string of the molecule is O=C(Nc1ccc(OC(F)F)c(Cl)c1)c1cccc(N2CCCS2(=O)=O)c1. The van der Waals surface area contributed by atoms with Crippen LogP contribution >= 0.6 is 11.6 Å². The summed E-state index contributed by atoms with van der Waals surface area (Å²) in [6.07, 6.45) is 0.532. The van der Waals surface area contributed by atoms with E-state index >= 15 is 0 Å². The number of alkyl halides is 2. The van der Waals surface area contributed by atoms with Gasteiger partial charge in [0.15, 0.2) is 0 Å². The van der Waals surface area contributed by atoms with Crippen LogP contribution in [0.5, 0.6) is 5.75 Å². The summed E-state index contributed by atoms with van der Waals surface area (Å²) in [5.41, 5.74) is 0.948. The van der Waals surface area contributed by atoms with Gasteiger partial charge in [-0.1, -0.05) is 17.7 Å². The Morgan fingerprint density at radius 2 is 2.00 bits per heavy atom. The van der Waals surface area contributed by atoms with Gasteiger partial charge in [0.25, 0.3) is 5.91 Å². The molecule has 3 rings (SSSR count). The van der Waals surface area contributed by atoms with Crippen molar-refractivity contribution >= 4 is 38.9 Å². The largest absolute Gasteiger partial charge is 0.433 e. The van der Waals surface area contributed by atoms with E-state index in [2.05, 4.69) is 10.1 Å². The highest BCUT2D eigenvalue weighted by Gasteiger charge is 2.28. The van der Waals surface area contributed by atoms with E-state index in [9.17, 15) is 22.0 Å². The Labute approximate surface area is 159 Å². The van der Waals surface area contributed by atoms with Crippen molar-refractivity contribution in [2.75, 3.05) is 21.9 Å². The Kier molecular flexibility index (Phi) is 5.52. The molecule has 0 saturated carbocycles. The highest BCUT2D eigenvalue weighted by molar-refractivity contribution is 7.93. The average molecular weight is 417 g/mol. The number of amides is 1. The minimum absolute atomic E-state index is 0.0783. The molecule has 0 atom stereocenters. The van der Waals surface area contributed by atoms with Gasteiger partial charge in [-0.25, -0.2) is 8.42 Å². The van der Waals surface area contributed by atoms with Crippen LogP contribution < -0.4 is 14.4 Å². The fraction of sp³-hybridized carbons (Fsp3) is 0.235. The Hall–Kier alpha value is -2.39. The number of carbonyl (C=O) groups excluding carboxylic acids is 1. The van der Waals surface area contributed by atoms with Crippen molar-refractivity contribution in [2.45, 2.75) is 13.0 Å². The molecule has 1 amide bonds. The van der Waals surface area contributed by atoms with E-state index in [1.165, 1.54) is 34.6 Å². The number of hydrogen-bond donors (Lipinski definition) is 1. The van der Waals surface area contributed by atoms with Gasteiger partial charge in [-0.05, 0) is 42.8 Å². The molecule has 0 radical (unpaired) electrons. The lowest BCUT2D eigenvalue weighted by Gasteiger charge is -2.17. The Morgan fingerprint density at radius 1 is 1.22 bits per heavy atom.